The Morgan fingerprint density at radius 3 is 2.35 bits per heavy atom. The summed E-state index contributed by atoms with van der Waals surface area (Å²) in [6.45, 7) is 0.705. The fraction of sp³-hybridized carbons (Fsp3) is 0.250. The van der Waals surface area contributed by atoms with Crippen molar-refractivity contribution in [2.45, 2.75) is 44.4 Å². The lowest BCUT2D eigenvalue weighted by Crippen LogP contribution is -2.48. The molecule has 5 rings (SSSR count). The molecule has 8 nitrogen and oxygen atoms in total. The van der Waals surface area contributed by atoms with Crippen LogP contribution in [0.5, 0.6) is 0 Å². The Bertz CT molecular complexity index is 1430. The number of amides is 2. The van der Waals surface area contributed by atoms with Crippen molar-refractivity contribution in [3.05, 3.63) is 103 Å². The van der Waals surface area contributed by atoms with Crippen molar-refractivity contribution in [3.63, 3.8) is 0 Å². The number of benzene rings is 3. The minimum atomic E-state index is -0.927. The van der Waals surface area contributed by atoms with Gasteiger partial charge in [0, 0.05) is 18.3 Å². The minimum Gasteiger partial charge on any atom is -0.461 e. The van der Waals surface area contributed by atoms with Crippen LogP contribution in [-0.2, 0) is 25.7 Å². The topological polar surface area (TPSA) is 102 Å². The normalized spacial score (nSPS) is 15.9. The number of nitrogens with one attached hydrogen (secondary N) is 2. The zero-order valence-electron chi connectivity index (χ0n) is 22.2. The Labute approximate surface area is 233 Å². The molecule has 8 heteroatoms. The van der Waals surface area contributed by atoms with E-state index in [2.05, 4.69) is 27.8 Å². The van der Waals surface area contributed by atoms with Gasteiger partial charge in [-0.05, 0) is 36.0 Å². The van der Waals surface area contributed by atoms with Gasteiger partial charge >= 0.3 is 5.97 Å². The molecule has 2 N–H and O–H groups in total. The van der Waals surface area contributed by atoms with E-state index in [4.69, 9.17) is 4.74 Å². The summed E-state index contributed by atoms with van der Waals surface area (Å²) in [5.74, 6) is -1.15. The van der Waals surface area contributed by atoms with Crippen molar-refractivity contribution < 1.29 is 19.1 Å². The van der Waals surface area contributed by atoms with Crippen LogP contribution >= 0.6 is 0 Å². The fourth-order valence-electron chi connectivity index (χ4n) is 4.75. The standard InChI is InChI=1S/C32H32N4O4/c37-30(40-21-23-9-3-1-4-10-23)19-29(32(39)35-27-13-7-8-18-33-31(27)38)36-20-28(34-22-36)26-16-14-25(15-17-26)24-11-5-2-6-12-24/h1-6,9-12,14-17,20,22,27,29H,7-8,13,18-19,21H2,(H,33,38)(H,35,39). The number of imidazole rings is 1. The molecule has 0 spiro atoms. The highest BCUT2D eigenvalue weighted by Gasteiger charge is 2.30. The highest BCUT2D eigenvalue weighted by Crippen LogP contribution is 2.25. The second kappa shape index (κ2) is 12.9. The number of hydrogen-bond acceptors (Lipinski definition) is 5. The molecule has 2 unspecified atom stereocenters. The monoisotopic (exact) mass is 536 g/mol. The van der Waals surface area contributed by atoms with Crippen molar-refractivity contribution in [2.75, 3.05) is 6.54 Å². The van der Waals surface area contributed by atoms with E-state index < -0.39 is 24.0 Å². The average Bonchev–Trinajstić information content (AvgIpc) is 3.40. The summed E-state index contributed by atoms with van der Waals surface area (Å²) in [6, 6.07) is 25.9. The number of hydrogen-bond donors (Lipinski definition) is 2. The lowest BCUT2D eigenvalue weighted by molar-refractivity contribution is -0.147. The number of rotatable bonds is 9. The Hall–Kier alpha value is -4.72. The van der Waals surface area contributed by atoms with Crippen LogP contribution in [-0.4, -0.2) is 39.9 Å². The van der Waals surface area contributed by atoms with Gasteiger partial charge in [0.15, 0.2) is 0 Å². The molecule has 1 fully saturated rings. The van der Waals surface area contributed by atoms with Crippen LogP contribution in [0.25, 0.3) is 22.4 Å². The molecule has 0 saturated carbocycles. The van der Waals surface area contributed by atoms with E-state index in [-0.39, 0.29) is 18.9 Å². The van der Waals surface area contributed by atoms with E-state index in [9.17, 15) is 14.4 Å². The molecule has 1 aliphatic heterocycles. The lowest BCUT2D eigenvalue weighted by atomic mass is 10.0. The molecule has 40 heavy (non-hydrogen) atoms. The summed E-state index contributed by atoms with van der Waals surface area (Å²) in [4.78, 5) is 43.3. The number of nitrogens with zero attached hydrogens (tertiary/aromatic N) is 2. The second-order valence-corrected chi connectivity index (χ2v) is 9.86. The lowest BCUT2D eigenvalue weighted by Gasteiger charge is -2.21. The summed E-state index contributed by atoms with van der Waals surface area (Å²) in [5.41, 5.74) is 4.61. The van der Waals surface area contributed by atoms with Crippen LogP contribution in [0.15, 0.2) is 97.5 Å². The number of carbonyl (C=O) groups excluding carboxylic acids is 3. The highest BCUT2D eigenvalue weighted by atomic mass is 16.5. The Morgan fingerprint density at radius 2 is 1.60 bits per heavy atom. The number of aromatic nitrogens is 2. The van der Waals surface area contributed by atoms with Gasteiger partial charge in [-0.2, -0.15) is 0 Å². The molecule has 2 atom stereocenters. The zero-order valence-corrected chi connectivity index (χ0v) is 22.2. The predicted molar refractivity (Wildman–Crippen MR) is 152 cm³/mol. The molecule has 1 aliphatic rings. The van der Waals surface area contributed by atoms with E-state index in [0.29, 0.717) is 18.7 Å². The highest BCUT2D eigenvalue weighted by molar-refractivity contribution is 5.91. The fourth-order valence-corrected chi connectivity index (χ4v) is 4.75. The number of esters is 1. The average molecular weight is 537 g/mol. The van der Waals surface area contributed by atoms with Crippen LogP contribution in [0.3, 0.4) is 0 Å². The van der Waals surface area contributed by atoms with Gasteiger partial charge in [-0.3, -0.25) is 14.4 Å². The third kappa shape index (κ3) is 6.83. The summed E-state index contributed by atoms with van der Waals surface area (Å²) in [5, 5.41) is 5.69. The van der Waals surface area contributed by atoms with Crippen LogP contribution < -0.4 is 10.6 Å². The third-order valence-electron chi connectivity index (χ3n) is 7.01. The zero-order chi connectivity index (χ0) is 27.7. The van der Waals surface area contributed by atoms with E-state index in [0.717, 1.165) is 35.1 Å². The van der Waals surface area contributed by atoms with Gasteiger partial charge in [-0.1, -0.05) is 84.9 Å². The quantitative estimate of drug-likeness (QED) is 0.303. The molecule has 0 aliphatic carbocycles. The van der Waals surface area contributed by atoms with Crippen molar-refractivity contribution in [1.29, 1.82) is 0 Å². The molecule has 2 amide bonds. The van der Waals surface area contributed by atoms with Crippen LogP contribution in [0, 0.1) is 0 Å². The Kier molecular flexibility index (Phi) is 8.66. The molecule has 1 aromatic heterocycles. The molecule has 2 heterocycles. The van der Waals surface area contributed by atoms with Crippen LogP contribution in [0.4, 0.5) is 0 Å². The molecular weight excluding hydrogens is 504 g/mol. The Morgan fingerprint density at radius 1 is 0.925 bits per heavy atom. The summed E-state index contributed by atoms with van der Waals surface area (Å²) in [7, 11) is 0. The molecule has 3 aromatic carbocycles. The molecule has 0 bridgehead atoms. The van der Waals surface area contributed by atoms with Gasteiger partial charge in [-0.15, -0.1) is 0 Å². The van der Waals surface area contributed by atoms with Gasteiger partial charge in [-0.25, -0.2) is 4.98 Å². The molecular formula is C32H32N4O4. The van der Waals surface area contributed by atoms with Gasteiger partial charge in [0.05, 0.1) is 18.4 Å². The molecule has 1 saturated heterocycles. The van der Waals surface area contributed by atoms with Gasteiger partial charge < -0.3 is 19.9 Å². The first kappa shape index (κ1) is 26.9. The van der Waals surface area contributed by atoms with Crippen molar-refractivity contribution in [3.8, 4) is 22.4 Å². The smallest absolute Gasteiger partial charge is 0.308 e. The minimum absolute atomic E-state index is 0.113. The van der Waals surface area contributed by atoms with Crippen molar-refractivity contribution in [2.24, 2.45) is 0 Å². The first-order chi connectivity index (χ1) is 19.6. The van der Waals surface area contributed by atoms with Gasteiger partial charge in [0.1, 0.15) is 18.7 Å². The number of ether oxygens (including phenoxy) is 1. The summed E-state index contributed by atoms with van der Waals surface area (Å²) >= 11 is 0. The van der Waals surface area contributed by atoms with E-state index >= 15 is 0 Å². The SMILES string of the molecule is O=C(CC(C(=O)NC1CCCCNC1=O)n1cnc(-c2ccc(-c3ccccc3)cc2)c1)OCc1ccccc1. The summed E-state index contributed by atoms with van der Waals surface area (Å²) < 4.78 is 7.10. The largest absolute Gasteiger partial charge is 0.461 e. The number of carbonyl (C=O) groups is 3. The first-order valence-electron chi connectivity index (χ1n) is 13.5. The van der Waals surface area contributed by atoms with Crippen LogP contribution in [0.1, 0.15) is 37.3 Å². The van der Waals surface area contributed by atoms with Crippen molar-refractivity contribution in [1.82, 2.24) is 20.2 Å². The molecule has 204 valence electrons. The second-order valence-electron chi connectivity index (χ2n) is 9.86. The van der Waals surface area contributed by atoms with E-state index in [1.807, 2.05) is 72.8 Å². The van der Waals surface area contributed by atoms with Crippen LogP contribution in [0.2, 0.25) is 0 Å². The predicted octanol–water partition coefficient (Wildman–Crippen LogP) is 4.68. The van der Waals surface area contributed by atoms with Crippen molar-refractivity contribution >= 4 is 17.8 Å². The maximum absolute atomic E-state index is 13.5. The first-order valence-corrected chi connectivity index (χ1v) is 13.5. The Balaban J connectivity index is 1.33. The summed E-state index contributed by atoms with van der Waals surface area (Å²) in [6.07, 6.45) is 5.33. The molecule has 4 aromatic rings. The third-order valence-corrected chi connectivity index (χ3v) is 7.01. The maximum Gasteiger partial charge on any atom is 0.308 e. The molecule has 0 radical (unpaired) electrons. The van der Waals surface area contributed by atoms with Gasteiger partial charge in [0.2, 0.25) is 11.8 Å². The maximum atomic E-state index is 13.5. The van der Waals surface area contributed by atoms with E-state index in [1.165, 1.54) is 0 Å². The van der Waals surface area contributed by atoms with Gasteiger partial charge in [0.25, 0.3) is 0 Å². The van der Waals surface area contributed by atoms with E-state index in [1.54, 1.807) is 17.1 Å².